The van der Waals surface area contributed by atoms with Crippen LogP contribution < -0.4 is 0 Å². The normalized spacial score (nSPS) is 41.7. The number of carboxylic acid groups (broad SMARTS) is 1. The Kier molecular flexibility index (Phi) is 7.16. The molecule has 43 heavy (non-hydrogen) atoms. The van der Waals surface area contributed by atoms with Crippen LogP contribution in [0.15, 0.2) is 36.4 Å². The van der Waals surface area contributed by atoms with Crippen LogP contribution in [0.5, 0.6) is 0 Å². The van der Waals surface area contributed by atoms with Crippen LogP contribution in [0.2, 0.25) is 0 Å². The number of aliphatic hydroxyl groups excluding tert-OH is 1. The number of fused-ring (bicyclic) bond motifs is 7. The van der Waals surface area contributed by atoms with E-state index in [-0.39, 0.29) is 28.3 Å². The van der Waals surface area contributed by atoms with Gasteiger partial charge in [-0.05, 0) is 145 Å². The Hall–Kier alpha value is -2.08. The van der Waals surface area contributed by atoms with Crippen LogP contribution >= 0.6 is 0 Å². The number of allylic oxidation sites excluding steroid dienone is 3. The number of aliphatic hydroxyl groups is 1. The van der Waals surface area contributed by atoms with Crippen molar-refractivity contribution in [3.63, 3.8) is 0 Å². The summed E-state index contributed by atoms with van der Waals surface area (Å²) in [5, 5.41) is 20.1. The molecule has 1 unspecified atom stereocenters. The second kappa shape index (κ2) is 9.96. The molecule has 0 amide bonds. The topological polar surface area (TPSA) is 57.5 Å². The fourth-order valence-electron chi connectivity index (χ4n) is 12.3. The predicted octanol–water partition coefficient (Wildman–Crippen LogP) is 9.66. The summed E-state index contributed by atoms with van der Waals surface area (Å²) in [6, 6.07) is 3.76. The molecule has 0 radical (unpaired) electrons. The summed E-state index contributed by atoms with van der Waals surface area (Å²) in [4.78, 5) is 11.6. The second-order valence-electron chi connectivity index (χ2n) is 16.2. The summed E-state index contributed by atoms with van der Waals surface area (Å²) >= 11 is 0. The van der Waals surface area contributed by atoms with E-state index in [0.29, 0.717) is 41.1 Å². The first kappa shape index (κ1) is 30.9. The van der Waals surface area contributed by atoms with E-state index in [9.17, 15) is 28.2 Å². The molecule has 0 aliphatic heterocycles. The SMILES string of the molecule is C=C(C)[C@@H]1CC[C@]2(CO)CC[C@@]3(C)C4CC[C@H]5C(C)(C)C(c6ccc(C(=O)O)c(C(F)(F)F)c6)=CC[C@]5(C)[C@H]4CC[C@@H]3[C@@H]12. The van der Waals surface area contributed by atoms with Gasteiger partial charge in [-0.2, -0.15) is 13.2 Å². The Labute approximate surface area is 255 Å². The fraction of sp³-hybridized carbons (Fsp3) is 0.703. The number of benzene rings is 1. The van der Waals surface area contributed by atoms with Gasteiger partial charge in [0.15, 0.2) is 0 Å². The number of carboxylic acids is 1. The van der Waals surface area contributed by atoms with Crippen LogP contribution in [-0.4, -0.2) is 22.8 Å². The van der Waals surface area contributed by atoms with Crippen LogP contribution in [0.3, 0.4) is 0 Å². The molecule has 0 heterocycles. The molecule has 5 aliphatic carbocycles. The van der Waals surface area contributed by atoms with Gasteiger partial charge >= 0.3 is 12.1 Å². The zero-order valence-corrected chi connectivity index (χ0v) is 26.5. The standard InChI is InChI=1S/C37H49F3O3/c1-21(2)23-13-16-36(20-41)18-17-34(5)26-11-12-30-33(3,4)25(14-15-35(30,6)27(26)9-10-28(34)31(23)36)22-7-8-24(32(42)43)29(19-22)37(38,39)40/h7-8,14,19,23,26-28,30-31,41H,1,9-13,15-18,20H2,2-6H3,(H,42,43)/t23-,26?,27-,28+,30-,31+,34-,35+,36+/m0/s1. The highest BCUT2D eigenvalue weighted by molar-refractivity contribution is 5.90. The van der Waals surface area contributed by atoms with Gasteiger partial charge in [0, 0.05) is 6.61 Å². The molecule has 4 saturated carbocycles. The highest BCUT2D eigenvalue weighted by Gasteiger charge is 2.66. The molecule has 4 fully saturated rings. The molecular weight excluding hydrogens is 549 g/mol. The Bertz CT molecular complexity index is 1360. The van der Waals surface area contributed by atoms with Gasteiger partial charge in [-0.3, -0.25) is 0 Å². The van der Waals surface area contributed by atoms with Crippen LogP contribution in [0.1, 0.15) is 114 Å². The molecule has 3 nitrogen and oxygen atoms in total. The Balaban J connectivity index is 1.35. The first-order chi connectivity index (χ1) is 20.0. The summed E-state index contributed by atoms with van der Waals surface area (Å²) in [6.45, 7) is 16.3. The molecule has 0 aromatic heterocycles. The summed E-state index contributed by atoms with van der Waals surface area (Å²) in [5.41, 5.74) is 0.865. The van der Waals surface area contributed by atoms with Gasteiger partial charge in [0.25, 0.3) is 0 Å². The van der Waals surface area contributed by atoms with Gasteiger partial charge in [0.05, 0.1) is 11.1 Å². The molecule has 6 rings (SSSR count). The van der Waals surface area contributed by atoms with Gasteiger partial charge < -0.3 is 10.2 Å². The van der Waals surface area contributed by atoms with Crippen molar-refractivity contribution in [2.45, 2.75) is 98.6 Å². The maximum atomic E-state index is 13.9. The van der Waals surface area contributed by atoms with Gasteiger partial charge in [-0.25, -0.2) is 4.79 Å². The van der Waals surface area contributed by atoms with E-state index < -0.39 is 23.3 Å². The Morgan fingerprint density at radius 1 is 0.953 bits per heavy atom. The van der Waals surface area contributed by atoms with E-state index in [1.165, 1.54) is 24.8 Å². The molecular formula is C37H49F3O3. The van der Waals surface area contributed by atoms with E-state index in [1.807, 2.05) is 0 Å². The number of aromatic carboxylic acids is 1. The number of alkyl halides is 3. The molecule has 6 heteroatoms. The van der Waals surface area contributed by atoms with Crippen molar-refractivity contribution < 1.29 is 28.2 Å². The van der Waals surface area contributed by atoms with Crippen molar-refractivity contribution in [1.82, 2.24) is 0 Å². The number of hydrogen-bond donors (Lipinski definition) is 2. The van der Waals surface area contributed by atoms with E-state index in [0.717, 1.165) is 56.2 Å². The monoisotopic (exact) mass is 598 g/mol. The molecule has 0 bridgehead atoms. The Morgan fingerprint density at radius 3 is 2.23 bits per heavy atom. The van der Waals surface area contributed by atoms with Crippen LogP contribution in [0, 0.1) is 57.2 Å². The van der Waals surface area contributed by atoms with Crippen molar-refractivity contribution in [2.75, 3.05) is 6.61 Å². The largest absolute Gasteiger partial charge is 0.478 e. The fourth-order valence-corrected chi connectivity index (χ4v) is 12.3. The number of rotatable bonds is 4. The Morgan fingerprint density at radius 2 is 1.60 bits per heavy atom. The van der Waals surface area contributed by atoms with Crippen molar-refractivity contribution in [3.8, 4) is 0 Å². The summed E-state index contributed by atoms with van der Waals surface area (Å²) in [6.07, 6.45) is 7.33. The molecule has 1 aromatic carbocycles. The maximum absolute atomic E-state index is 13.9. The number of carbonyl (C=O) groups is 1. The predicted molar refractivity (Wildman–Crippen MR) is 163 cm³/mol. The molecule has 1 aromatic rings. The van der Waals surface area contributed by atoms with Gasteiger partial charge in [0.2, 0.25) is 0 Å². The lowest BCUT2D eigenvalue weighted by Gasteiger charge is -2.68. The third-order valence-corrected chi connectivity index (χ3v) is 14.2. The second-order valence-corrected chi connectivity index (χ2v) is 16.2. The third-order valence-electron chi connectivity index (χ3n) is 14.2. The minimum absolute atomic E-state index is 0.0393. The average Bonchev–Trinajstić information content (AvgIpc) is 3.32. The van der Waals surface area contributed by atoms with Crippen LogP contribution in [-0.2, 0) is 6.18 Å². The molecule has 0 saturated heterocycles. The highest BCUT2D eigenvalue weighted by Crippen LogP contribution is 2.73. The molecule has 9 atom stereocenters. The lowest BCUT2D eigenvalue weighted by Crippen LogP contribution is -2.61. The number of hydrogen-bond acceptors (Lipinski definition) is 2. The summed E-state index contributed by atoms with van der Waals surface area (Å²) in [5.74, 6) is 1.51. The average molecular weight is 599 g/mol. The first-order valence-electron chi connectivity index (χ1n) is 16.4. The van der Waals surface area contributed by atoms with Crippen LogP contribution in [0.25, 0.3) is 5.57 Å². The van der Waals surface area contributed by atoms with E-state index in [2.05, 4.69) is 47.3 Å². The lowest BCUT2D eigenvalue weighted by molar-refractivity contribution is -0.181. The smallest absolute Gasteiger partial charge is 0.417 e. The minimum atomic E-state index is -4.74. The first-order valence-corrected chi connectivity index (χ1v) is 16.4. The van der Waals surface area contributed by atoms with Crippen LogP contribution in [0.4, 0.5) is 13.2 Å². The molecule has 5 aliphatic rings. The van der Waals surface area contributed by atoms with E-state index >= 15 is 0 Å². The van der Waals surface area contributed by atoms with Crippen molar-refractivity contribution in [2.24, 2.45) is 57.2 Å². The van der Waals surface area contributed by atoms with E-state index in [4.69, 9.17) is 0 Å². The highest BCUT2D eigenvalue weighted by atomic mass is 19.4. The minimum Gasteiger partial charge on any atom is -0.478 e. The number of halogens is 3. The van der Waals surface area contributed by atoms with Crippen molar-refractivity contribution >= 4 is 11.5 Å². The quantitative estimate of drug-likeness (QED) is 0.339. The van der Waals surface area contributed by atoms with Gasteiger partial charge in [0.1, 0.15) is 0 Å². The summed E-state index contributed by atoms with van der Waals surface area (Å²) in [7, 11) is 0. The van der Waals surface area contributed by atoms with Crippen molar-refractivity contribution in [3.05, 3.63) is 53.1 Å². The molecule has 0 spiro atoms. The molecule has 236 valence electrons. The van der Waals surface area contributed by atoms with Crippen molar-refractivity contribution in [1.29, 1.82) is 0 Å². The summed E-state index contributed by atoms with van der Waals surface area (Å²) < 4.78 is 41.8. The van der Waals surface area contributed by atoms with E-state index in [1.54, 1.807) is 6.07 Å². The zero-order chi connectivity index (χ0) is 31.3. The lowest BCUT2D eigenvalue weighted by atomic mass is 9.37. The zero-order valence-electron chi connectivity index (χ0n) is 26.5. The maximum Gasteiger partial charge on any atom is 0.417 e. The third kappa shape index (κ3) is 4.35. The van der Waals surface area contributed by atoms with Gasteiger partial charge in [-0.15, -0.1) is 0 Å². The van der Waals surface area contributed by atoms with Gasteiger partial charge in [-0.1, -0.05) is 52.0 Å². The molecule has 2 N–H and O–H groups in total.